The fourth-order valence-electron chi connectivity index (χ4n) is 2.00. The Kier molecular flexibility index (Phi) is 6.45. The number of carbonyl (C=O) groups is 1. The van der Waals surface area contributed by atoms with Crippen molar-refractivity contribution >= 4 is 61.1 Å². The van der Waals surface area contributed by atoms with Gasteiger partial charge in [0, 0.05) is 10.1 Å². The van der Waals surface area contributed by atoms with Crippen molar-refractivity contribution in [3.05, 3.63) is 54.7 Å². The maximum atomic E-state index is 12.2. The number of amides is 1. The number of benzene rings is 2. The third-order valence-corrected chi connectivity index (χ3v) is 5.60. The Balaban J connectivity index is 1.98. The molecule has 0 aliphatic rings. The average Bonchev–Trinajstić information content (AvgIpc) is 2.50. The molecule has 0 heterocycles. The highest BCUT2D eigenvalue weighted by Gasteiger charge is 2.14. The minimum absolute atomic E-state index is 0.0361. The molecule has 0 aromatic heterocycles. The quantitative estimate of drug-likeness (QED) is 0.478. The highest BCUT2D eigenvalue weighted by molar-refractivity contribution is 14.1. The SMILES string of the molecule is NS(=O)(=O)c1ccc(CCNC(=O)c2cc(I)cc(I)c2O)cc1. The molecule has 6 nitrogen and oxygen atoms in total. The zero-order valence-corrected chi connectivity index (χ0v) is 17.4. The number of hydrogen-bond acceptors (Lipinski definition) is 4. The molecule has 2 aromatic rings. The zero-order valence-electron chi connectivity index (χ0n) is 12.3. The fourth-order valence-corrected chi connectivity index (χ4v) is 4.36. The first kappa shape index (κ1) is 19.4. The first-order chi connectivity index (χ1) is 11.2. The van der Waals surface area contributed by atoms with Gasteiger partial charge in [-0.05, 0) is 81.4 Å². The van der Waals surface area contributed by atoms with Crippen molar-refractivity contribution in [1.29, 1.82) is 0 Å². The van der Waals surface area contributed by atoms with Crippen molar-refractivity contribution in [3.63, 3.8) is 0 Å². The van der Waals surface area contributed by atoms with Gasteiger partial charge in [-0.1, -0.05) is 12.1 Å². The number of hydrogen-bond donors (Lipinski definition) is 3. The van der Waals surface area contributed by atoms with E-state index in [9.17, 15) is 18.3 Å². The zero-order chi connectivity index (χ0) is 17.9. The predicted octanol–water partition coefficient (Wildman–Crippen LogP) is 2.22. The van der Waals surface area contributed by atoms with E-state index >= 15 is 0 Å². The Morgan fingerprint density at radius 3 is 2.38 bits per heavy atom. The molecule has 0 saturated carbocycles. The van der Waals surface area contributed by atoms with Crippen molar-refractivity contribution in [1.82, 2.24) is 5.32 Å². The van der Waals surface area contributed by atoms with Crippen molar-refractivity contribution in [3.8, 4) is 5.75 Å². The van der Waals surface area contributed by atoms with Gasteiger partial charge in [-0.2, -0.15) is 0 Å². The molecule has 0 aliphatic carbocycles. The molecule has 0 atom stereocenters. The van der Waals surface area contributed by atoms with Gasteiger partial charge in [-0.15, -0.1) is 0 Å². The van der Waals surface area contributed by atoms with Gasteiger partial charge >= 0.3 is 0 Å². The number of halogens is 2. The molecule has 0 spiro atoms. The number of aromatic hydroxyl groups is 1. The molecule has 0 bridgehead atoms. The maximum absolute atomic E-state index is 12.2. The van der Waals surface area contributed by atoms with E-state index in [1.165, 1.54) is 12.1 Å². The van der Waals surface area contributed by atoms with Crippen LogP contribution >= 0.6 is 45.2 Å². The van der Waals surface area contributed by atoms with Gasteiger partial charge in [0.15, 0.2) is 0 Å². The van der Waals surface area contributed by atoms with E-state index < -0.39 is 10.0 Å². The summed E-state index contributed by atoms with van der Waals surface area (Å²) in [6.07, 6.45) is 0.526. The molecule has 128 valence electrons. The summed E-state index contributed by atoms with van der Waals surface area (Å²) in [6.45, 7) is 0.356. The molecule has 1 amide bonds. The number of nitrogens with two attached hydrogens (primary N) is 1. The predicted molar refractivity (Wildman–Crippen MR) is 107 cm³/mol. The lowest BCUT2D eigenvalue weighted by molar-refractivity contribution is 0.0951. The normalized spacial score (nSPS) is 11.3. The molecule has 4 N–H and O–H groups in total. The van der Waals surface area contributed by atoms with Crippen LogP contribution < -0.4 is 10.5 Å². The Morgan fingerprint density at radius 1 is 1.17 bits per heavy atom. The van der Waals surface area contributed by atoms with Crippen LogP contribution in [0.2, 0.25) is 0 Å². The summed E-state index contributed by atoms with van der Waals surface area (Å²) >= 11 is 4.05. The standard InChI is InChI=1S/C15H14I2N2O4S/c16-10-7-12(14(20)13(17)8-10)15(21)19-6-5-9-1-3-11(4-2-9)24(18,22)23/h1-4,7-8,20H,5-6H2,(H,19,21)(H2,18,22,23). The molecule has 24 heavy (non-hydrogen) atoms. The van der Waals surface area contributed by atoms with Crippen LogP contribution in [0.25, 0.3) is 0 Å². The Bertz CT molecular complexity index is 868. The van der Waals surface area contributed by atoms with Crippen molar-refractivity contribution in [2.45, 2.75) is 11.3 Å². The van der Waals surface area contributed by atoms with E-state index in [0.717, 1.165) is 9.13 Å². The third kappa shape index (κ3) is 5.04. The lowest BCUT2D eigenvalue weighted by Gasteiger charge is -2.09. The number of rotatable bonds is 5. The maximum Gasteiger partial charge on any atom is 0.255 e. The summed E-state index contributed by atoms with van der Waals surface area (Å²) in [7, 11) is -3.70. The number of primary sulfonamides is 1. The van der Waals surface area contributed by atoms with Gasteiger partial charge in [-0.3, -0.25) is 4.79 Å². The topological polar surface area (TPSA) is 109 Å². The smallest absolute Gasteiger partial charge is 0.255 e. The number of phenolic OH excluding ortho intramolecular Hbond substituents is 1. The van der Waals surface area contributed by atoms with Crippen LogP contribution in [0, 0.1) is 7.14 Å². The summed E-state index contributed by atoms with van der Waals surface area (Å²) in [5, 5.41) is 17.8. The van der Waals surface area contributed by atoms with Gasteiger partial charge in [0.1, 0.15) is 5.75 Å². The first-order valence-electron chi connectivity index (χ1n) is 6.76. The van der Waals surface area contributed by atoms with Crippen LogP contribution in [-0.2, 0) is 16.4 Å². The van der Waals surface area contributed by atoms with E-state index in [0.29, 0.717) is 16.5 Å². The van der Waals surface area contributed by atoms with Crippen LogP contribution in [0.15, 0.2) is 41.3 Å². The summed E-state index contributed by atoms with van der Waals surface area (Å²) in [4.78, 5) is 12.2. The minimum atomic E-state index is -3.70. The Labute approximate surface area is 167 Å². The number of sulfonamides is 1. The Hall–Kier alpha value is -0.920. The fraction of sp³-hybridized carbons (Fsp3) is 0.133. The summed E-state index contributed by atoms with van der Waals surface area (Å²) in [5.41, 5.74) is 1.10. The molecule has 0 unspecified atom stereocenters. The number of carbonyl (C=O) groups excluding carboxylic acids is 1. The van der Waals surface area contributed by atoms with Gasteiger partial charge in [0.2, 0.25) is 10.0 Å². The number of phenols is 1. The van der Waals surface area contributed by atoms with Crippen LogP contribution in [0.3, 0.4) is 0 Å². The second-order valence-corrected chi connectivity index (χ2v) is 8.95. The lowest BCUT2D eigenvalue weighted by Crippen LogP contribution is -2.26. The number of nitrogens with one attached hydrogen (secondary N) is 1. The molecule has 0 radical (unpaired) electrons. The highest BCUT2D eigenvalue weighted by atomic mass is 127. The molecule has 0 aliphatic heterocycles. The van der Waals surface area contributed by atoms with E-state index in [1.807, 2.05) is 22.6 Å². The molecule has 0 saturated heterocycles. The molecule has 9 heteroatoms. The average molecular weight is 572 g/mol. The van der Waals surface area contributed by atoms with Crippen LogP contribution in [-0.4, -0.2) is 26.0 Å². The van der Waals surface area contributed by atoms with E-state index in [4.69, 9.17) is 5.14 Å². The van der Waals surface area contributed by atoms with Gasteiger partial charge in [0.05, 0.1) is 14.0 Å². The minimum Gasteiger partial charge on any atom is -0.506 e. The van der Waals surface area contributed by atoms with Crippen LogP contribution in [0.1, 0.15) is 15.9 Å². The molecule has 0 fully saturated rings. The van der Waals surface area contributed by atoms with E-state index in [-0.39, 0.29) is 22.1 Å². The Morgan fingerprint density at radius 2 is 1.79 bits per heavy atom. The largest absolute Gasteiger partial charge is 0.506 e. The molecular weight excluding hydrogens is 558 g/mol. The molecule has 2 aromatic carbocycles. The summed E-state index contributed by atoms with van der Waals surface area (Å²) < 4.78 is 23.8. The van der Waals surface area contributed by atoms with Gasteiger partial charge < -0.3 is 10.4 Å². The second-order valence-electron chi connectivity index (χ2n) is 4.98. The first-order valence-corrected chi connectivity index (χ1v) is 10.5. The van der Waals surface area contributed by atoms with Gasteiger partial charge in [0.25, 0.3) is 5.91 Å². The molecule has 2 rings (SSSR count). The van der Waals surface area contributed by atoms with Crippen LogP contribution in [0.4, 0.5) is 0 Å². The van der Waals surface area contributed by atoms with E-state index in [1.54, 1.807) is 24.3 Å². The van der Waals surface area contributed by atoms with Crippen molar-refractivity contribution in [2.24, 2.45) is 5.14 Å². The summed E-state index contributed by atoms with van der Waals surface area (Å²) in [6, 6.07) is 9.56. The molecular formula is C15H14I2N2O4S. The third-order valence-electron chi connectivity index (χ3n) is 3.22. The van der Waals surface area contributed by atoms with Crippen molar-refractivity contribution in [2.75, 3.05) is 6.54 Å². The van der Waals surface area contributed by atoms with Crippen LogP contribution in [0.5, 0.6) is 5.75 Å². The summed E-state index contributed by atoms with van der Waals surface area (Å²) in [5.74, 6) is -0.392. The lowest BCUT2D eigenvalue weighted by atomic mass is 10.1. The van der Waals surface area contributed by atoms with Gasteiger partial charge in [-0.25, -0.2) is 13.6 Å². The van der Waals surface area contributed by atoms with Crippen molar-refractivity contribution < 1.29 is 18.3 Å². The monoisotopic (exact) mass is 572 g/mol. The second kappa shape index (κ2) is 7.97. The van der Waals surface area contributed by atoms with E-state index in [2.05, 4.69) is 27.9 Å². The highest BCUT2D eigenvalue weighted by Crippen LogP contribution is 2.26.